The first-order chi connectivity index (χ1) is 11.4. The fraction of sp³-hybridized carbons (Fsp3) is 0.150. The minimum absolute atomic E-state index is 0.714. The maximum atomic E-state index is 4.65. The molecule has 3 aliphatic rings. The molecule has 0 amide bonds. The molecule has 1 nitrogen and oxygen atoms in total. The molecule has 3 heteroatoms. The van der Waals surface area contributed by atoms with Gasteiger partial charge >= 0.3 is 149 Å². The topological polar surface area (TPSA) is 12.9 Å². The second-order valence-electron chi connectivity index (χ2n) is 6.38. The van der Waals surface area contributed by atoms with Crippen LogP contribution in [-0.2, 0) is 6.42 Å². The summed E-state index contributed by atoms with van der Waals surface area (Å²) in [6.45, 7) is 0. The number of hydrogen-bond acceptors (Lipinski definition) is 2. The van der Waals surface area contributed by atoms with Gasteiger partial charge < -0.3 is 0 Å². The Bertz CT molecular complexity index is 883. The zero-order chi connectivity index (χ0) is 15.2. The fourth-order valence-corrected chi connectivity index (χ4v) is 17.0. The van der Waals surface area contributed by atoms with Gasteiger partial charge in [0.15, 0.2) is 0 Å². The Labute approximate surface area is 148 Å². The summed E-state index contributed by atoms with van der Waals surface area (Å²) in [4.78, 5) is 4.65. The van der Waals surface area contributed by atoms with E-state index in [-0.39, 0.29) is 0 Å². The summed E-state index contributed by atoms with van der Waals surface area (Å²) < 4.78 is 4.30. The molecule has 0 radical (unpaired) electrons. The molecule has 23 heavy (non-hydrogen) atoms. The van der Waals surface area contributed by atoms with Crippen LogP contribution in [0.15, 0.2) is 68.8 Å². The Morgan fingerprint density at radius 2 is 1.78 bits per heavy atom. The molecule has 1 atom stereocenters. The summed E-state index contributed by atoms with van der Waals surface area (Å²) in [5.41, 5.74) is 8.03. The molecule has 6 rings (SSSR count). The average Bonchev–Trinajstić information content (AvgIpc) is 3.28. The van der Waals surface area contributed by atoms with Crippen molar-refractivity contribution in [2.45, 2.75) is 16.5 Å². The second-order valence-corrected chi connectivity index (χ2v) is 15.5. The van der Waals surface area contributed by atoms with Crippen molar-refractivity contribution in [1.29, 1.82) is 0 Å². The Morgan fingerprint density at radius 3 is 2.57 bits per heavy atom. The summed E-state index contributed by atoms with van der Waals surface area (Å²) >= 11 is -0.126. The fourth-order valence-electron chi connectivity index (χ4n) is 4.27. The molecule has 0 aliphatic carbocycles. The van der Waals surface area contributed by atoms with E-state index in [9.17, 15) is 0 Å². The molecule has 0 spiro atoms. The summed E-state index contributed by atoms with van der Waals surface area (Å²) in [5.74, 6) is 0. The third-order valence-corrected chi connectivity index (χ3v) is 16.9. The number of rotatable bonds is 4. The van der Waals surface area contributed by atoms with Gasteiger partial charge in [0.25, 0.3) is 0 Å². The number of thiazole rings is 1. The van der Waals surface area contributed by atoms with Gasteiger partial charge in [0.05, 0.1) is 0 Å². The number of nitrogens with zero attached hydrogens (tertiary/aromatic N) is 1. The van der Waals surface area contributed by atoms with E-state index >= 15 is 0 Å². The van der Waals surface area contributed by atoms with Crippen molar-refractivity contribution < 1.29 is 0 Å². The van der Waals surface area contributed by atoms with E-state index in [1.807, 2.05) is 8.84 Å². The van der Waals surface area contributed by atoms with Crippen LogP contribution in [0.4, 0.5) is 0 Å². The molecule has 1 aromatic heterocycles. The zero-order valence-corrected chi connectivity index (χ0v) is 16.9. The zero-order valence-electron chi connectivity index (χ0n) is 12.8. The molecular weight excluding hydrogens is 401 g/mol. The number of aromatic nitrogens is 1. The Morgan fingerprint density at radius 1 is 0.957 bits per heavy atom. The van der Waals surface area contributed by atoms with Gasteiger partial charge in [-0.15, -0.1) is 0 Å². The minimum atomic E-state index is -1.87. The molecule has 110 valence electrons. The molecule has 0 fully saturated rings. The van der Waals surface area contributed by atoms with Gasteiger partial charge in [-0.1, -0.05) is 0 Å². The number of hydrogen-bond donors (Lipinski definition) is 0. The molecule has 3 aliphatic heterocycles. The van der Waals surface area contributed by atoms with Crippen molar-refractivity contribution in [2.24, 2.45) is 0 Å². The third-order valence-electron chi connectivity index (χ3n) is 5.25. The van der Waals surface area contributed by atoms with Gasteiger partial charge in [0.1, 0.15) is 0 Å². The Balaban J connectivity index is 1.49. The Kier molecular flexibility index (Phi) is 3.45. The Hall–Kier alpha value is -1.32. The van der Waals surface area contributed by atoms with Crippen molar-refractivity contribution in [1.82, 2.24) is 4.98 Å². The summed E-state index contributed by atoms with van der Waals surface area (Å²) in [6.07, 6.45) is 2.44. The third kappa shape index (κ3) is 2.17. The number of aryl methyl sites for hydroxylation is 1. The van der Waals surface area contributed by atoms with Crippen LogP contribution in [0.5, 0.6) is 0 Å². The molecule has 0 N–H and O–H groups in total. The molecule has 1 unspecified atom stereocenters. The predicted octanol–water partition coefficient (Wildman–Crippen LogP) is 4.12. The van der Waals surface area contributed by atoms with Crippen molar-refractivity contribution >= 4 is 41.7 Å². The number of allylic oxidation sites excluding steroid dienone is 2. The molecule has 3 aromatic rings. The molecule has 4 heterocycles. The summed E-state index contributed by atoms with van der Waals surface area (Å²) in [6, 6.07) is 20.1. The van der Waals surface area contributed by atoms with Crippen LogP contribution in [0.2, 0.25) is 0 Å². The number of benzene rings is 2. The summed E-state index contributed by atoms with van der Waals surface area (Å²) in [5, 5.41) is 2.27. The maximum absolute atomic E-state index is 4.65. The summed E-state index contributed by atoms with van der Waals surface area (Å²) in [7, 11) is 0. The molecule has 2 aromatic carbocycles. The van der Waals surface area contributed by atoms with Gasteiger partial charge in [-0.2, -0.15) is 0 Å². The van der Waals surface area contributed by atoms with Gasteiger partial charge in [0, 0.05) is 0 Å². The van der Waals surface area contributed by atoms with E-state index in [1.54, 1.807) is 25.8 Å². The second kappa shape index (κ2) is 5.64. The van der Waals surface area contributed by atoms with Crippen molar-refractivity contribution in [3.8, 4) is 0 Å². The average molecular weight is 417 g/mol. The normalized spacial score (nSPS) is 18.1. The standard InChI is InChI=1S/C20H16NS.In/c1-3-8-17(9-4-1)10-7-13-19(14-20-15-22-16-21-20)18-11-5-2-6-12-18;/h1-6,8-9,11,14-16H,7,10H2;. The van der Waals surface area contributed by atoms with Crippen LogP contribution in [0.25, 0.3) is 5.57 Å². The van der Waals surface area contributed by atoms with Crippen LogP contribution in [0.3, 0.4) is 0 Å². The van der Waals surface area contributed by atoms with Gasteiger partial charge in [-0.05, 0) is 0 Å². The van der Waals surface area contributed by atoms with E-state index in [0.29, 0.717) is 3.67 Å². The van der Waals surface area contributed by atoms with Crippen LogP contribution in [0.1, 0.15) is 26.9 Å². The van der Waals surface area contributed by atoms with E-state index in [4.69, 9.17) is 0 Å². The van der Waals surface area contributed by atoms with Gasteiger partial charge in [-0.3, -0.25) is 0 Å². The van der Waals surface area contributed by atoms with E-state index in [2.05, 4.69) is 65.0 Å². The first kappa shape index (κ1) is 14.1. The molecule has 0 saturated carbocycles. The van der Waals surface area contributed by atoms with Crippen molar-refractivity contribution in [3.63, 3.8) is 0 Å². The molecular formula is C20H16InNS. The van der Waals surface area contributed by atoms with Gasteiger partial charge in [-0.25, -0.2) is 0 Å². The van der Waals surface area contributed by atoms with E-state index in [1.165, 1.54) is 24.1 Å². The van der Waals surface area contributed by atoms with Crippen LogP contribution in [-0.4, -0.2) is 26.4 Å². The first-order valence-corrected chi connectivity index (χ1v) is 14.3. The predicted molar refractivity (Wildman–Crippen MR) is 98.4 cm³/mol. The van der Waals surface area contributed by atoms with Crippen molar-refractivity contribution in [2.75, 3.05) is 0 Å². The van der Waals surface area contributed by atoms with E-state index in [0.717, 1.165) is 0 Å². The van der Waals surface area contributed by atoms with Crippen LogP contribution >= 0.6 is 11.3 Å². The van der Waals surface area contributed by atoms with Crippen LogP contribution < -0.4 is 3.32 Å². The van der Waals surface area contributed by atoms with Crippen molar-refractivity contribution in [3.05, 3.63) is 85.6 Å². The van der Waals surface area contributed by atoms with Gasteiger partial charge in [0.2, 0.25) is 0 Å². The van der Waals surface area contributed by atoms with Crippen LogP contribution in [0, 0.1) is 0 Å². The molecule has 0 saturated heterocycles. The quantitative estimate of drug-likeness (QED) is 0.623. The first-order valence-electron chi connectivity index (χ1n) is 8.18. The molecule has 2 bridgehead atoms. The SMILES string of the molecule is c1ccc(CC[C]2=C3c4cccc[c]4[In]2[CH]3c2cscn2)cc1. The van der Waals surface area contributed by atoms with E-state index < -0.39 is 21.4 Å². The monoisotopic (exact) mass is 417 g/mol.